The summed E-state index contributed by atoms with van der Waals surface area (Å²) in [6.45, 7) is 1.30. The van der Waals surface area contributed by atoms with Gasteiger partial charge in [-0.1, -0.05) is 31.0 Å². The van der Waals surface area contributed by atoms with E-state index in [9.17, 15) is 14.4 Å². The third kappa shape index (κ3) is 3.28. The maximum absolute atomic E-state index is 12.8. The van der Waals surface area contributed by atoms with E-state index < -0.39 is 24.1 Å². The lowest BCUT2D eigenvalue weighted by Gasteiger charge is -2.36. The van der Waals surface area contributed by atoms with Crippen LogP contribution in [0, 0.1) is 5.92 Å². The summed E-state index contributed by atoms with van der Waals surface area (Å²) >= 11 is 1.46. The first kappa shape index (κ1) is 18.6. The summed E-state index contributed by atoms with van der Waals surface area (Å²) in [4.78, 5) is 43.2. The van der Waals surface area contributed by atoms with Crippen LogP contribution in [0.25, 0.3) is 10.7 Å². The first-order chi connectivity index (χ1) is 13.5. The van der Waals surface area contributed by atoms with Crippen molar-refractivity contribution in [2.24, 2.45) is 5.92 Å². The Balaban J connectivity index is 1.35. The van der Waals surface area contributed by atoms with Gasteiger partial charge in [-0.15, -0.1) is 11.3 Å². The molecule has 1 saturated heterocycles. The number of hydrogen-bond acceptors (Lipinski definition) is 8. The Morgan fingerprint density at radius 2 is 2.32 bits per heavy atom. The molecule has 148 valence electrons. The van der Waals surface area contributed by atoms with E-state index in [1.54, 1.807) is 0 Å². The highest BCUT2D eigenvalue weighted by Crippen LogP contribution is 2.38. The maximum atomic E-state index is 12.8. The lowest BCUT2D eigenvalue weighted by atomic mass is 9.73. The average Bonchev–Trinajstić information content (AvgIpc) is 3.40. The number of amides is 3. The Kier molecular flexibility index (Phi) is 4.88. The second-order valence-corrected chi connectivity index (χ2v) is 8.04. The zero-order valence-electron chi connectivity index (χ0n) is 15.3. The third-order valence-corrected chi connectivity index (χ3v) is 6.22. The van der Waals surface area contributed by atoms with Crippen LogP contribution in [0.15, 0.2) is 22.0 Å². The minimum Gasteiger partial charge on any atom is -0.454 e. The first-order valence-electron chi connectivity index (χ1n) is 9.16. The quantitative estimate of drug-likeness (QED) is 0.601. The molecule has 28 heavy (non-hydrogen) atoms. The molecule has 1 N–H and O–H groups in total. The highest BCUT2D eigenvalue weighted by atomic mass is 32.1. The summed E-state index contributed by atoms with van der Waals surface area (Å²) in [6.07, 6.45) is 3.37. The Hall–Kier alpha value is -2.75. The standard InChI is InChI=1S/C18H20N4O5S/c1-11-5-2-3-7-18(11)16(24)22(17(25)20-18)9-14(23)26-10-13-19-15(21-27-13)12-6-4-8-28-12/h4,6,8,11H,2-3,5,7,9-10H2,1H3,(H,20,25)/t11-,18-/m1/s1. The van der Waals surface area contributed by atoms with Crippen LogP contribution in [-0.2, 0) is 20.9 Å². The summed E-state index contributed by atoms with van der Waals surface area (Å²) in [7, 11) is 0. The molecule has 0 unspecified atom stereocenters. The lowest BCUT2D eigenvalue weighted by Crippen LogP contribution is -2.54. The van der Waals surface area contributed by atoms with Crippen LogP contribution in [-0.4, -0.2) is 45.0 Å². The highest BCUT2D eigenvalue weighted by Gasteiger charge is 2.55. The second-order valence-electron chi connectivity index (χ2n) is 7.09. The fourth-order valence-electron chi connectivity index (χ4n) is 3.78. The summed E-state index contributed by atoms with van der Waals surface area (Å²) in [5, 5.41) is 8.53. The van der Waals surface area contributed by atoms with Crippen molar-refractivity contribution in [3.05, 3.63) is 23.4 Å². The molecule has 2 atom stereocenters. The van der Waals surface area contributed by atoms with Crippen LogP contribution in [0.3, 0.4) is 0 Å². The van der Waals surface area contributed by atoms with E-state index in [0.29, 0.717) is 12.2 Å². The Morgan fingerprint density at radius 1 is 1.46 bits per heavy atom. The number of esters is 1. The van der Waals surface area contributed by atoms with E-state index in [-0.39, 0.29) is 24.3 Å². The Morgan fingerprint density at radius 3 is 3.07 bits per heavy atom. The zero-order chi connectivity index (χ0) is 19.7. The van der Waals surface area contributed by atoms with Crippen LogP contribution in [0.2, 0.25) is 0 Å². The van der Waals surface area contributed by atoms with Gasteiger partial charge in [0.1, 0.15) is 12.1 Å². The summed E-state index contributed by atoms with van der Waals surface area (Å²) in [5.41, 5.74) is -0.891. The number of urea groups is 1. The van der Waals surface area contributed by atoms with Crippen molar-refractivity contribution in [2.45, 2.75) is 44.8 Å². The number of hydrogen-bond donors (Lipinski definition) is 1. The minimum absolute atomic E-state index is 0.0350. The van der Waals surface area contributed by atoms with Crippen molar-refractivity contribution >= 4 is 29.2 Å². The van der Waals surface area contributed by atoms with Gasteiger partial charge in [0.2, 0.25) is 5.82 Å². The zero-order valence-corrected chi connectivity index (χ0v) is 16.2. The monoisotopic (exact) mass is 404 g/mol. The lowest BCUT2D eigenvalue weighted by molar-refractivity contribution is -0.150. The molecule has 0 aromatic carbocycles. The number of ether oxygens (including phenoxy) is 1. The molecule has 9 nitrogen and oxygen atoms in total. The second kappa shape index (κ2) is 7.34. The summed E-state index contributed by atoms with van der Waals surface area (Å²) in [6, 6.07) is 3.17. The van der Waals surface area contributed by atoms with Crippen molar-refractivity contribution in [2.75, 3.05) is 6.54 Å². The predicted octanol–water partition coefficient (Wildman–Crippen LogP) is 2.34. The number of carbonyl (C=O) groups excluding carboxylic acids is 3. The van der Waals surface area contributed by atoms with Crippen molar-refractivity contribution in [3.63, 3.8) is 0 Å². The fourth-order valence-corrected chi connectivity index (χ4v) is 4.42. The summed E-state index contributed by atoms with van der Waals surface area (Å²) < 4.78 is 10.2. The van der Waals surface area contributed by atoms with Gasteiger partial charge in [-0.25, -0.2) is 4.79 Å². The number of rotatable bonds is 5. The average molecular weight is 404 g/mol. The van der Waals surface area contributed by atoms with E-state index >= 15 is 0 Å². The van der Waals surface area contributed by atoms with E-state index in [1.165, 1.54) is 11.3 Å². The van der Waals surface area contributed by atoms with Crippen LogP contribution < -0.4 is 5.32 Å². The fraction of sp³-hybridized carbons (Fsp3) is 0.500. The van der Waals surface area contributed by atoms with Gasteiger partial charge in [-0.3, -0.25) is 14.5 Å². The normalized spacial score (nSPS) is 24.6. The highest BCUT2D eigenvalue weighted by molar-refractivity contribution is 7.13. The van der Waals surface area contributed by atoms with E-state index in [2.05, 4.69) is 15.5 Å². The van der Waals surface area contributed by atoms with Crippen molar-refractivity contribution in [3.8, 4) is 10.7 Å². The van der Waals surface area contributed by atoms with Gasteiger partial charge in [0.25, 0.3) is 11.8 Å². The molecule has 2 aromatic rings. The third-order valence-electron chi connectivity index (χ3n) is 5.35. The van der Waals surface area contributed by atoms with Gasteiger partial charge in [0, 0.05) is 0 Å². The van der Waals surface area contributed by atoms with Crippen molar-refractivity contribution < 1.29 is 23.6 Å². The van der Waals surface area contributed by atoms with E-state index in [0.717, 1.165) is 29.0 Å². The topological polar surface area (TPSA) is 115 Å². The van der Waals surface area contributed by atoms with Gasteiger partial charge in [-0.2, -0.15) is 4.98 Å². The molecule has 0 radical (unpaired) electrons. The molecule has 1 saturated carbocycles. The molecule has 10 heteroatoms. The smallest absolute Gasteiger partial charge is 0.326 e. The number of nitrogens with one attached hydrogen (secondary N) is 1. The molecule has 2 aromatic heterocycles. The van der Waals surface area contributed by atoms with Gasteiger partial charge in [0.15, 0.2) is 6.61 Å². The van der Waals surface area contributed by atoms with Gasteiger partial charge in [-0.05, 0) is 30.2 Å². The molecule has 1 spiro atoms. The Bertz CT molecular complexity index is 896. The molecule has 3 heterocycles. The van der Waals surface area contributed by atoms with E-state index in [1.807, 2.05) is 24.4 Å². The van der Waals surface area contributed by atoms with Crippen LogP contribution in [0.4, 0.5) is 4.79 Å². The van der Waals surface area contributed by atoms with Crippen LogP contribution in [0.1, 0.15) is 38.5 Å². The van der Waals surface area contributed by atoms with Gasteiger partial charge >= 0.3 is 12.0 Å². The molecular weight excluding hydrogens is 384 g/mol. The molecule has 3 amide bonds. The largest absolute Gasteiger partial charge is 0.454 e. The van der Waals surface area contributed by atoms with Gasteiger partial charge < -0.3 is 14.6 Å². The Labute approximate surface area is 165 Å². The maximum Gasteiger partial charge on any atom is 0.326 e. The first-order valence-corrected chi connectivity index (χ1v) is 10.0. The SMILES string of the molecule is C[C@@H]1CCCC[C@@]12NC(=O)N(CC(=O)OCc1nc(-c3cccs3)no1)C2=O. The number of carbonyl (C=O) groups is 3. The molecule has 2 fully saturated rings. The molecule has 2 aliphatic rings. The molecule has 4 rings (SSSR count). The van der Waals surface area contributed by atoms with Crippen molar-refractivity contribution in [1.29, 1.82) is 0 Å². The number of aromatic nitrogens is 2. The molecule has 1 aliphatic heterocycles. The minimum atomic E-state index is -0.891. The van der Waals surface area contributed by atoms with Crippen molar-refractivity contribution in [1.82, 2.24) is 20.4 Å². The molecule has 1 aliphatic carbocycles. The number of nitrogens with zero attached hydrogens (tertiary/aromatic N) is 3. The number of imide groups is 1. The number of thiophene rings is 1. The molecular formula is C18H20N4O5S. The van der Waals surface area contributed by atoms with Crippen LogP contribution >= 0.6 is 11.3 Å². The van der Waals surface area contributed by atoms with E-state index in [4.69, 9.17) is 9.26 Å². The predicted molar refractivity (Wildman–Crippen MR) is 98.0 cm³/mol. The van der Waals surface area contributed by atoms with Crippen LogP contribution in [0.5, 0.6) is 0 Å². The summed E-state index contributed by atoms with van der Waals surface area (Å²) in [5.74, 6) is -0.457. The van der Waals surface area contributed by atoms with Gasteiger partial charge in [0.05, 0.1) is 4.88 Å². The molecule has 0 bridgehead atoms.